The normalized spacial score (nSPS) is 12.1. The van der Waals surface area contributed by atoms with E-state index in [0.29, 0.717) is 11.3 Å². The molecule has 0 heterocycles. The third-order valence-corrected chi connectivity index (χ3v) is 4.13. The summed E-state index contributed by atoms with van der Waals surface area (Å²) >= 11 is 0. The fourth-order valence-electron chi connectivity index (χ4n) is 2.29. The number of phenols is 1. The SMILES string of the molecule is C/C=C(\C)C(=O)Oc1ccc(C(C)(C)c2ccc(O)cc2)cc1. The summed E-state index contributed by atoms with van der Waals surface area (Å²) in [7, 11) is 0. The van der Waals surface area contributed by atoms with Crippen LogP contribution in [0.2, 0.25) is 0 Å². The van der Waals surface area contributed by atoms with Gasteiger partial charge in [-0.3, -0.25) is 0 Å². The minimum absolute atomic E-state index is 0.213. The van der Waals surface area contributed by atoms with Crippen LogP contribution < -0.4 is 4.74 Å². The molecule has 2 aromatic rings. The highest BCUT2D eigenvalue weighted by atomic mass is 16.5. The minimum atomic E-state index is -0.335. The van der Waals surface area contributed by atoms with Gasteiger partial charge in [-0.2, -0.15) is 0 Å². The molecule has 23 heavy (non-hydrogen) atoms. The van der Waals surface area contributed by atoms with E-state index in [9.17, 15) is 9.90 Å². The van der Waals surface area contributed by atoms with Gasteiger partial charge in [-0.1, -0.05) is 44.2 Å². The number of carbonyl (C=O) groups excluding carboxylic acids is 1. The summed E-state index contributed by atoms with van der Waals surface area (Å²) in [6, 6.07) is 14.7. The Bertz CT molecular complexity index is 708. The number of aromatic hydroxyl groups is 1. The lowest BCUT2D eigenvalue weighted by molar-refractivity contribution is -0.130. The lowest BCUT2D eigenvalue weighted by atomic mass is 9.78. The number of benzene rings is 2. The zero-order valence-electron chi connectivity index (χ0n) is 14.0. The molecule has 0 fully saturated rings. The van der Waals surface area contributed by atoms with Gasteiger partial charge in [0.05, 0.1) is 0 Å². The Hall–Kier alpha value is -2.55. The lowest BCUT2D eigenvalue weighted by Crippen LogP contribution is -2.18. The molecule has 0 aliphatic carbocycles. The van der Waals surface area contributed by atoms with Crippen molar-refractivity contribution in [1.29, 1.82) is 0 Å². The van der Waals surface area contributed by atoms with E-state index in [2.05, 4.69) is 13.8 Å². The van der Waals surface area contributed by atoms with Crippen LogP contribution in [0.25, 0.3) is 0 Å². The van der Waals surface area contributed by atoms with Crippen LogP contribution in [-0.4, -0.2) is 11.1 Å². The van der Waals surface area contributed by atoms with Crippen LogP contribution in [0.15, 0.2) is 60.2 Å². The number of carbonyl (C=O) groups is 1. The lowest BCUT2D eigenvalue weighted by Gasteiger charge is -2.26. The third kappa shape index (κ3) is 3.81. The topological polar surface area (TPSA) is 46.5 Å². The minimum Gasteiger partial charge on any atom is -0.508 e. The van der Waals surface area contributed by atoms with Gasteiger partial charge in [0.2, 0.25) is 0 Å². The average Bonchev–Trinajstić information content (AvgIpc) is 2.55. The molecule has 1 N–H and O–H groups in total. The van der Waals surface area contributed by atoms with Gasteiger partial charge < -0.3 is 9.84 Å². The standard InChI is InChI=1S/C20H22O3/c1-5-14(2)19(22)23-18-12-8-16(9-13-18)20(3,4)15-6-10-17(21)11-7-15/h5-13,21H,1-4H3/b14-5+. The van der Waals surface area contributed by atoms with Crippen LogP contribution >= 0.6 is 0 Å². The van der Waals surface area contributed by atoms with E-state index >= 15 is 0 Å². The number of ether oxygens (including phenoxy) is 1. The van der Waals surface area contributed by atoms with E-state index in [4.69, 9.17) is 4.74 Å². The maximum Gasteiger partial charge on any atom is 0.338 e. The van der Waals surface area contributed by atoms with Crippen molar-refractivity contribution in [3.05, 3.63) is 71.3 Å². The molecule has 0 aliphatic rings. The molecule has 0 aromatic heterocycles. The zero-order valence-corrected chi connectivity index (χ0v) is 14.0. The van der Waals surface area contributed by atoms with Gasteiger partial charge in [-0.05, 0) is 49.2 Å². The summed E-state index contributed by atoms with van der Waals surface area (Å²) in [5.74, 6) is 0.450. The molecule has 0 saturated carbocycles. The van der Waals surface area contributed by atoms with E-state index in [1.807, 2.05) is 24.3 Å². The summed E-state index contributed by atoms with van der Waals surface area (Å²) in [5, 5.41) is 9.43. The summed E-state index contributed by atoms with van der Waals surface area (Å²) < 4.78 is 5.32. The van der Waals surface area contributed by atoms with Gasteiger partial charge in [0.25, 0.3) is 0 Å². The van der Waals surface area contributed by atoms with Crippen LogP contribution in [-0.2, 0) is 10.2 Å². The Kier molecular flexibility index (Phi) is 4.89. The molecule has 0 spiro atoms. The molecule has 0 saturated heterocycles. The molecule has 0 atom stereocenters. The number of phenolic OH excluding ortho intramolecular Hbond substituents is 1. The highest BCUT2D eigenvalue weighted by Gasteiger charge is 2.23. The molecule has 0 bridgehead atoms. The third-order valence-electron chi connectivity index (χ3n) is 4.13. The molecule has 0 amide bonds. The van der Waals surface area contributed by atoms with Gasteiger partial charge >= 0.3 is 5.97 Å². The molecule has 0 unspecified atom stereocenters. The smallest absolute Gasteiger partial charge is 0.338 e. The van der Waals surface area contributed by atoms with Gasteiger partial charge in [0.15, 0.2) is 0 Å². The quantitative estimate of drug-likeness (QED) is 0.510. The molecule has 3 heteroatoms. The molecule has 0 radical (unpaired) electrons. The van der Waals surface area contributed by atoms with Crippen molar-refractivity contribution in [2.75, 3.05) is 0 Å². The van der Waals surface area contributed by atoms with Crippen LogP contribution in [0.1, 0.15) is 38.8 Å². The molecule has 2 aromatic carbocycles. The Balaban J connectivity index is 2.21. The first-order valence-electron chi connectivity index (χ1n) is 7.59. The van der Waals surface area contributed by atoms with Crippen molar-refractivity contribution in [3.63, 3.8) is 0 Å². The number of rotatable bonds is 4. The summed E-state index contributed by atoms with van der Waals surface area (Å²) in [5.41, 5.74) is 2.57. The second-order valence-corrected chi connectivity index (χ2v) is 6.06. The number of hydrogen-bond acceptors (Lipinski definition) is 3. The predicted octanol–water partition coefficient (Wildman–Crippen LogP) is 4.59. The Labute approximate surface area is 137 Å². The Morgan fingerprint density at radius 3 is 1.96 bits per heavy atom. The molecule has 0 aliphatic heterocycles. The first-order valence-corrected chi connectivity index (χ1v) is 7.59. The van der Waals surface area contributed by atoms with Crippen molar-refractivity contribution < 1.29 is 14.6 Å². The summed E-state index contributed by atoms with van der Waals surface area (Å²) in [6.07, 6.45) is 1.73. The van der Waals surface area contributed by atoms with E-state index < -0.39 is 0 Å². The van der Waals surface area contributed by atoms with Crippen LogP contribution in [0.4, 0.5) is 0 Å². The van der Waals surface area contributed by atoms with Crippen LogP contribution in [0.5, 0.6) is 11.5 Å². The summed E-state index contributed by atoms with van der Waals surface area (Å²) in [4.78, 5) is 11.8. The molecular weight excluding hydrogens is 288 g/mol. The number of esters is 1. The van der Waals surface area contributed by atoms with E-state index in [-0.39, 0.29) is 17.1 Å². The van der Waals surface area contributed by atoms with Gasteiger partial charge in [-0.25, -0.2) is 4.79 Å². The van der Waals surface area contributed by atoms with Gasteiger partial charge in [0.1, 0.15) is 11.5 Å². The predicted molar refractivity (Wildman–Crippen MR) is 91.7 cm³/mol. The fraction of sp³-hybridized carbons (Fsp3) is 0.250. The second-order valence-electron chi connectivity index (χ2n) is 6.06. The Morgan fingerprint density at radius 1 is 1.00 bits per heavy atom. The van der Waals surface area contributed by atoms with E-state index in [0.717, 1.165) is 11.1 Å². The van der Waals surface area contributed by atoms with Crippen molar-refractivity contribution in [3.8, 4) is 11.5 Å². The maximum atomic E-state index is 11.8. The number of allylic oxidation sites excluding steroid dienone is 1. The largest absolute Gasteiger partial charge is 0.508 e. The van der Waals surface area contributed by atoms with Crippen molar-refractivity contribution in [1.82, 2.24) is 0 Å². The maximum absolute atomic E-state index is 11.8. The van der Waals surface area contributed by atoms with Gasteiger partial charge in [-0.15, -0.1) is 0 Å². The molecule has 3 nitrogen and oxygen atoms in total. The molecular formula is C20H22O3. The fourth-order valence-corrected chi connectivity index (χ4v) is 2.29. The Morgan fingerprint density at radius 2 is 1.48 bits per heavy atom. The van der Waals surface area contributed by atoms with Crippen molar-refractivity contribution in [2.24, 2.45) is 0 Å². The average molecular weight is 310 g/mol. The van der Waals surface area contributed by atoms with Crippen molar-refractivity contribution in [2.45, 2.75) is 33.1 Å². The van der Waals surface area contributed by atoms with Crippen LogP contribution in [0.3, 0.4) is 0 Å². The monoisotopic (exact) mass is 310 g/mol. The second kappa shape index (κ2) is 6.69. The molecule has 2 rings (SSSR count). The highest BCUT2D eigenvalue weighted by Crippen LogP contribution is 2.33. The first-order chi connectivity index (χ1) is 10.8. The zero-order chi connectivity index (χ0) is 17.0. The summed E-state index contributed by atoms with van der Waals surface area (Å²) in [6.45, 7) is 7.76. The van der Waals surface area contributed by atoms with E-state index in [1.54, 1.807) is 44.2 Å². The number of hydrogen-bond donors (Lipinski definition) is 1. The van der Waals surface area contributed by atoms with Crippen molar-refractivity contribution >= 4 is 5.97 Å². The highest BCUT2D eigenvalue weighted by molar-refractivity contribution is 5.89. The van der Waals surface area contributed by atoms with E-state index in [1.165, 1.54) is 0 Å². The first kappa shape index (κ1) is 16.8. The van der Waals surface area contributed by atoms with Crippen LogP contribution in [0, 0.1) is 0 Å². The van der Waals surface area contributed by atoms with Gasteiger partial charge in [0, 0.05) is 11.0 Å². The molecule has 120 valence electrons.